The minimum atomic E-state index is -0.0871. The third-order valence-corrected chi connectivity index (χ3v) is 12.3. The Kier molecular flexibility index (Phi) is 7.51. The second kappa shape index (κ2) is 13.1. The lowest BCUT2D eigenvalue weighted by Crippen LogP contribution is -2.14. The van der Waals surface area contributed by atoms with E-state index in [0.717, 1.165) is 82.7 Å². The van der Waals surface area contributed by atoms with Crippen LogP contribution in [-0.4, -0.2) is 19.9 Å². The van der Waals surface area contributed by atoms with Crippen LogP contribution in [0.4, 0.5) is 0 Å². The Morgan fingerprint density at radius 1 is 0.383 bits per heavy atom. The van der Waals surface area contributed by atoms with Crippen molar-refractivity contribution in [3.05, 3.63) is 193 Å². The number of aromatic nitrogens is 4. The maximum absolute atomic E-state index is 6.85. The predicted octanol–water partition coefficient (Wildman–Crippen LogP) is 14.1. The summed E-state index contributed by atoms with van der Waals surface area (Å²) in [6.45, 7) is 4.60. The molecule has 5 heteroatoms. The minimum Gasteiger partial charge on any atom is -0.455 e. The van der Waals surface area contributed by atoms with Gasteiger partial charge in [0, 0.05) is 60.2 Å². The summed E-state index contributed by atoms with van der Waals surface area (Å²) in [7, 11) is 0. The molecule has 5 nitrogen and oxygen atoms in total. The monoisotopic (exact) mass is 768 g/mol. The van der Waals surface area contributed by atoms with E-state index in [1.807, 2.05) is 24.3 Å². The fourth-order valence-corrected chi connectivity index (χ4v) is 9.41. The molecule has 0 atom stereocenters. The van der Waals surface area contributed by atoms with Gasteiger partial charge < -0.3 is 4.42 Å². The molecule has 0 unspecified atom stereocenters. The van der Waals surface area contributed by atoms with Crippen LogP contribution in [0.2, 0.25) is 0 Å². The normalized spacial score (nSPS) is 13.0. The first kappa shape index (κ1) is 34.3. The Bertz CT molecular complexity index is 3520. The SMILES string of the molecule is CC1(C)c2ccccc2-c2cc(-c3nc(-c4ccccc4)nc(-c4cccc(-c5cccc6c5oc5ccc7c(-c8ccccc8)nc8ccccc8c7c56)c4)n3)ccc21. The molecule has 0 saturated heterocycles. The van der Waals surface area contributed by atoms with Gasteiger partial charge in [-0.1, -0.05) is 166 Å². The van der Waals surface area contributed by atoms with E-state index in [1.54, 1.807) is 0 Å². The summed E-state index contributed by atoms with van der Waals surface area (Å²) in [4.78, 5) is 20.6. The van der Waals surface area contributed by atoms with Crippen LogP contribution in [0, 0.1) is 0 Å². The van der Waals surface area contributed by atoms with Crippen molar-refractivity contribution in [2.45, 2.75) is 19.3 Å². The molecule has 282 valence electrons. The second-order valence-corrected chi connectivity index (χ2v) is 16.2. The highest BCUT2D eigenvalue weighted by atomic mass is 16.3. The van der Waals surface area contributed by atoms with E-state index >= 15 is 0 Å². The van der Waals surface area contributed by atoms with Crippen molar-refractivity contribution in [3.8, 4) is 67.7 Å². The molecule has 12 rings (SSSR count). The number of rotatable bonds is 5. The smallest absolute Gasteiger partial charge is 0.164 e. The lowest BCUT2D eigenvalue weighted by atomic mass is 9.82. The summed E-state index contributed by atoms with van der Waals surface area (Å²) in [5, 5.41) is 5.49. The van der Waals surface area contributed by atoms with Crippen LogP contribution in [0.3, 0.4) is 0 Å². The van der Waals surface area contributed by atoms with Crippen LogP contribution in [0.5, 0.6) is 0 Å². The highest BCUT2D eigenvalue weighted by molar-refractivity contribution is 6.29. The lowest BCUT2D eigenvalue weighted by molar-refractivity contribution is 0.660. The Labute approximate surface area is 346 Å². The van der Waals surface area contributed by atoms with Gasteiger partial charge in [-0.15, -0.1) is 0 Å². The topological polar surface area (TPSA) is 64.7 Å². The minimum absolute atomic E-state index is 0.0871. The second-order valence-electron chi connectivity index (χ2n) is 16.2. The highest BCUT2D eigenvalue weighted by Gasteiger charge is 2.35. The molecule has 3 aromatic heterocycles. The zero-order valence-corrected chi connectivity index (χ0v) is 33.0. The molecule has 0 fully saturated rings. The van der Waals surface area contributed by atoms with Crippen LogP contribution in [0.1, 0.15) is 25.0 Å². The number of benzene rings is 8. The van der Waals surface area contributed by atoms with Gasteiger partial charge in [0.1, 0.15) is 11.2 Å². The van der Waals surface area contributed by atoms with Crippen molar-refractivity contribution in [2.24, 2.45) is 0 Å². The fraction of sp³-hybridized carbons (Fsp3) is 0.0545. The number of hydrogen-bond donors (Lipinski definition) is 0. The van der Waals surface area contributed by atoms with Crippen molar-refractivity contribution in [3.63, 3.8) is 0 Å². The van der Waals surface area contributed by atoms with E-state index < -0.39 is 0 Å². The maximum atomic E-state index is 6.85. The van der Waals surface area contributed by atoms with E-state index in [1.165, 1.54) is 22.3 Å². The summed E-state index contributed by atoms with van der Waals surface area (Å²) in [6.07, 6.45) is 0. The molecule has 1 aliphatic rings. The first-order valence-corrected chi connectivity index (χ1v) is 20.4. The number of para-hydroxylation sites is 2. The molecule has 8 aromatic carbocycles. The van der Waals surface area contributed by atoms with Gasteiger partial charge in [-0.25, -0.2) is 19.9 Å². The van der Waals surface area contributed by atoms with Gasteiger partial charge in [-0.3, -0.25) is 0 Å². The van der Waals surface area contributed by atoms with E-state index in [2.05, 4.69) is 172 Å². The molecule has 0 N–H and O–H groups in total. The molecule has 0 spiro atoms. The Hall–Kier alpha value is -7.76. The summed E-state index contributed by atoms with van der Waals surface area (Å²) >= 11 is 0. The van der Waals surface area contributed by atoms with Crippen LogP contribution >= 0.6 is 0 Å². The first-order valence-electron chi connectivity index (χ1n) is 20.4. The van der Waals surface area contributed by atoms with Gasteiger partial charge in [0.25, 0.3) is 0 Å². The van der Waals surface area contributed by atoms with Gasteiger partial charge in [0.05, 0.1) is 11.2 Å². The van der Waals surface area contributed by atoms with Crippen molar-refractivity contribution in [2.75, 3.05) is 0 Å². The third kappa shape index (κ3) is 5.26. The summed E-state index contributed by atoms with van der Waals surface area (Å²) in [5.74, 6) is 1.87. The number of fused-ring (bicyclic) bond motifs is 10. The van der Waals surface area contributed by atoms with Gasteiger partial charge >= 0.3 is 0 Å². The third-order valence-electron chi connectivity index (χ3n) is 12.3. The number of furan rings is 1. The van der Waals surface area contributed by atoms with Crippen LogP contribution in [0.25, 0.3) is 111 Å². The zero-order valence-electron chi connectivity index (χ0n) is 33.0. The Morgan fingerprint density at radius 3 is 1.80 bits per heavy atom. The molecule has 11 aromatic rings. The number of nitrogens with zero attached hydrogens (tertiary/aromatic N) is 4. The molecular formula is C55H36N4O. The van der Waals surface area contributed by atoms with Crippen LogP contribution in [-0.2, 0) is 5.41 Å². The zero-order chi connectivity index (χ0) is 40.0. The van der Waals surface area contributed by atoms with E-state index in [4.69, 9.17) is 24.4 Å². The predicted molar refractivity (Wildman–Crippen MR) is 245 cm³/mol. The number of pyridine rings is 1. The molecule has 1 aliphatic carbocycles. The van der Waals surface area contributed by atoms with Crippen molar-refractivity contribution in [1.82, 2.24) is 19.9 Å². The van der Waals surface area contributed by atoms with Crippen molar-refractivity contribution in [1.29, 1.82) is 0 Å². The van der Waals surface area contributed by atoms with E-state index in [0.29, 0.717) is 17.5 Å². The molecule has 0 aliphatic heterocycles. The maximum Gasteiger partial charge on any atom is 0.164 e. The molecule has 0 amide bonds. The summed E-state index contributed by atoms with van der Waals surface area (Å²) < 4.78 is 6.85. The van der Waals surface area contributed by atoms with E-state index in [9.17, 15) is 0 Å². The molecule has 60 heavy (non-hydrogen) atoms. The van der Waals surface area contributed by atoms with Crippen LogP contribution < -0.4 is 0 Å². The highest BCUT2D eigenvalue weighted by Crippen LogP contribution is 2.49. The lowest BCUT2D eigenvalue weighted by Gasteiger charge is -2.21. The fourth-order valence-electron chi connectivity index (χ4n) is 9.41. The first-order chi connectivity index (χ1) is 29.5. The molecule has 0 bridgehead atoms. The molecule has 3 heterocycles. The number of hydrogen-bond acceptors (Lipinski definition) is 5. The van der Waals surface area contributed by atoms with Crippen molar-refractivity contribution >= 4 is 43.6 Å². The molecule has 0 radical (unpaired) electrons. The van der Waals surface area contributed by atoms with E-state index in [-0.39, 0.29) is 5.41 Å². The van der Waals surface area contributed by atoms with Gasteiger partial charge in [0.15, 0.2) is 17.5 Å². The molecule has 0 saturated carbocycles. The largest absolute Gasteiger partial charge is 0.455 e. The molecular weight excluding hydrogens is 733 g/mol. The average molecular weight is 769 g/mol. The Balaban J connectivity index is 1.03. The standard InChI is InChI=1S/C55H36N4O/c1-55(2)44-25-11-9-21-39(44)43-32-37(27-29-45(43)55)54-58-52(34-17-7-4-8-18-34)57-53(59-54)36-20-13-19-35(31-36)38-23-14-24-42-49-47(60-51(38)42)30-28-41-48(49)40-22-10-12-26-46(40)56-50(41)33-15-5-3-6-16-33/h3-32H,1-2H3. The van der Waals surface area contributed by atoms with Gasteiger partial charge in [-0.05, 0) is 58.1 Å². The summed E-state index contributed by atoms with van der Waals surface area (Å²) in [5.41, 5.74) is 14.5. The average Bonchev–Trinajstić information content (AvgIpc) is 3.81. The van der Waals surface area contributed by atoms with Crippen LogP contribution in [0.15, 0.2) is 186 Å². The summed E-state index contributed by atoms with van der Waals surface area (Å²) in [6, 6.07) is 63.5. The van der Waals surface area contributed by atoms with Gasteiger partial charge in [0.2, 0.25) is 0 Å². The van der Waals surface area contributed by atoms with Crippen molar-refractivity contribution < 1.29 is 4.42 Å². The van der Waals surface area contributed by atoms with Gasteiger partial charge in [-0.2, -0.15) is 0 Å². The Morgan fingerprint density at radius 2 is 0.983 bits per heavy atom. The quantitative estimate of drug-likeness (QED) is 0.163.